The van der Waals surface area contributed by atoms with Crippen molar-refractivity contribution in [2.45, 2.75) is 198 Å². The molecular formula is C57H102N4O24. The molecule has 0 rings (SSSR count). The highest BCUT2D eigenvalue weighted by molar-refractivity contribution is 5.68. The Hall–Kier alpha value is -6.61. The molecule has 0 saturated carbocycles. The fraction of sp³-hybridized carbons (Fsp3) is 0.842. The molecule has 3 amide bonds. The van der Waals surface area contributed by atoms with E-state index in [0.29, 0.717) is 0 Å². The van der Waals surface area contributed by atoms with Gasteiger partial charge in [-0.2, -0.15) is 0 Å². The van der Waals surface area contributed by atoms with Gasteiger partial charge in [-0.1, -0.05) is 20.8 Å². The highest BCUT2D eigenvalue weighted by Gasteiger charge is 2.39. The molecule has 0 unspecified atom stereocenters. The van der Waals surface area contributed by atoms with Gasteiger partial charge in [0.25, 0.3) is 0 Å². The second-order valence-electron chi connectivity index (χ2n) is 26.4. The lowest BCUT2D eigenvalue weighted by Crippen LogP contribution is -2.45. The van der Waals surface area contributed by atoms with Crippen LogP contribution >= 0.6 is 0 Å². The molecule has 0 aliphatic rings. The second-order valence-corrected chi connectivity index (χ2v) is 26.4. The molecule has 0 aromatic carbocycles. The first-order valence-electron chi connectivity index (χ1n) is 28.3. The number of nitrogens with one attached hydrogen (secondary N) is 3. The van der Waals surface area contributed by atoms with E-state index >= 15 is 0 Å². The summed E-state index contributed by atoms with van der Waals surface area (Å²) in [6, 6.07) is 0. The molecule has 28 heteroatoms. The molecule has 494 valence electrons. The van der Waals surface area contributed by atoms with Gasteiger partial charge in [0.05, 0.1) is 16.2 Å². The summed E-state index contributed by atoms with van der Waals surface area (Å²) in [5.41, 5.74) is -8.98. The molecule has 85 heavy (non-hydrogen) atoms. The maximum atomic E-state index is 13.3. The number of rotatable bonds is 30. The van der Waals surface area contributed by atoms with Crippen LogP contribution in [0.25, 0.3) is 0 Å². The van der Waals surface area contributed by atoms with Crippen LogP contribution in [0, 0.1) is 16.2 Å². The van der Waals surface area contributed by atoms with Crippen LogP contribution in [0.1, 0.15) is 165 Å². The number of carbonyl (C=O) groups excluding carboxylic acids is 9. The van der Waals surface area contributed by atoms with Gasteiger partial charge >= 0.3 is 55.2 Å². The van der Waals surface area contributed by atoms with Crippen LogP contribution in [0.2, 0.25) is 0 Å². The first-order chi connectivity index (χ1) is 38.8. The number of alkyl carbamates (subject to hydrolysis) is 3. The van der Waals surface area contributed by atoms with E-state index in [2.05, 4.69) is 16.0 Å². The standard InChI is InChI=1S/C57H102N4O24/c1-22-55(34-74-43(65)80-49(4,5)6,35-75-44(66)81-50(7,8)9)31-71-40(62)58-25-28-61(29-26-59-41(63)72-32-56(23-2,36-76-45(67)82-51(10,11)12)37-77-46(68)83-52(13,14)15)30-27-60-42(64)73-33-57(24-3,38-78-47(69)84-53(16,17)18)39-79-48(70)85-54(19,20)21/h22-39H2,1-21H3,(H,58,62)(H,59,63)(H,60,64). The van der Waals surface area contributed by atoms with Gasteiger partial charge in [0.2, 0.25) is 0 Å². The number of nitrogens with zero attached hydrogens (tertiary/aromatic N) is 1. The minimum atomic E-state index is -1.24. The summed E-state index contributed by atoms with van der Waals surface area (Å²) in [6.07, 6.45) is -8.07. The molecule has 0 saturated heterocycles. The molecule has 0 aliphatic carbocycles. The Morgan fingerprint density at radius 1 is 0.271 bits per heavy atom. The molecule has 0 spiro atoms. The molecule has 0 radical (unpaired) electrons. The van der Waals surface area contributed by atoms with Gasteiger partial charge in [0.15, 0.2) is 0 Å². The zero-order valence-electron chi connectivity index (χ0n) is 54.5. The third-order valence-corrected chi connectivity index (χ3v) is 11.2. The Labute approximate surface area is 502 Å². The monoisotopic (exact) mass is 1230 g/mol. The highest BCUT2D eigenvalue weighted by Crippen LogP contribution is 2.29. The average molecular weight is 1230 g/mol. The maximum absolute atomic E-state index is 13.3. The molecular weight excluding hydrogens is 1120 g/mol. The predicted molar refractivity (Wildman–Crippen MR) is 306 cm³/mol. The SMILES string of the molecule is CCC(COC(=O)NCCN(CCNC(=O)OCC(CC)(COC(=O)OC(C)(C)C)COC(=O)OC(C)(C)C)CCNC(=O)OCC(CC)(COC(=O)OC(C)(C)C)COC(=O)OC(C)(C)C)(COC(=O)OC(C)(C)C)COC(=O)OC(C)(C)C. The van der Waals surface area contributed by atoms with Crippen molar-refractivity contribution in [2.24, 2.45) is 16.2 Å². The molecule has 0 bridgehead atoms. The lowest BCUT2D eigenvalue weighted by atomic mass is 9.88. The average Bonchev–Trinajstić information content (AvgIpc) is 3.57. The summed E-state index contributed by atoms with van der Waals surface area (Å²) in [5, 5.41) is 7.93. The van der Waals surface area contributed by atoms with Crippen molar-refractivity contribution in [3.8, 4) is 0 Å². The van der Waals surface area contributed by atoms with Crippen molar-refractivity contribution in [1.29, 1.82) is 0 Å². The highest BCUT2D eigenvalue weighted by atomic mass is 16.8. The molecule has 0 atom stereocenters. The Balaban J connectivity index is 6.48. The quantitative estimate of drug-likeness (QED) is 0.0444. The molecule has 0 heterocycles. The minimum Gasteiger partial charge on any atom is -0.449 e. The van der Waals surface area contributed by atoms with Crippen LogP contribution < -0.4 is 16.0 Å². The summed E-state index contributed by atoms with van der Waals surface area (Å²) < 4.78 is 80.7. The van der Waals surface area contributed by atoms with Gasteiger partial charge in [0, 0.05) is 39.3 Å². The number of ether oxygens (including phenoxy) is 15. The molecule has 3 N–H and O–H groups in total. The van der Waals surface area contributed by atoms with E-state index in [1.807, 2.05) is 0 Å². The Morgan fingerprint density at radius 3 is 0.565 bits per heavy atom. The zero-order valence-corrected chi connectivity index (χ0v) is 54.5. The molecule has 0 aliphatic heterocycles. The van der Waals surface area contributed by atoms with Crippen LogP contribution in [-0.2, 0) is 71.1 Å². The number of carbonyl (C=O) groups is 9. The van der Waals surface area contributed by atoms with E-state index in [9.17, 15) is 43.2 Å². The van der Waals surface area contributed by atoms with E-state index in [4.69, 9.17) is 71.1 Å². The number of hydrogen-bond donors (Lipinski definition) is 3. The number of hydrogen-bond acceptors (Lipinski definition) is 25. The van der Waals surface area contributed by atoms with Gasteiger partial charge in [0.1, 0.15) is 93.1 Å². The first-order valence-corrected chi connectivity index (χ1v) is 28.3. The van der Waals surface area contributed by atoms with Gasteiger partial charge in [-0.05, 0) is 144 Å². The van der Waals surface area contributed by atoms with Crippen LogP contribution in [0.15, 0.2) is 0 Å². The van der Waals surface area contributed by atoms with E-state index in [1.165, 1.54) is 0 Å². The van der Waals surface area contributed by atoms with Crippen molar-refractivity contribution in [3.63, 3.8) is 0 Å². The Morgan fingerprint density at radius 2 is 0.424 bits per heavy atom. The summed E-state index contributed by atoms with van der Waals surface area (Å²) in [7, 11) is 0. The molecule has 28 nitrogen and oxygen atoms in total. The topological polar surface area (TPSA) is 331 Å². The van der Waals surface area contributed by atoms with E-state index in [-0.39, 0.29) is 118 Å². The lowest BCUT2D eigenvalue weighted by molar-refractivity contribution is -0.0704. The second kappa shape index (κ2) is 35.1. The van der Waals surface area contributed by atoms with E-state index < -0.39 is 105 Å². The van der Waals surface area contributed by atoms with Crippen molar-refractivity contribution < 1.29 is 114 Å². The Kier molecular flexibility index (Phi) is 32.4. The summed E-state index contributed by atoms with van der Waals surface area (Å²) >= 11 is 0. The van der Waals surface area contributed by atoms with Crippen LogP contribution in [0.4, 0.5) is 43.2 Å². The lowest BCUT2D eigenvalue weighted by Gasteiger charge is -2.32. The largest absolute Gasteiger partial charge is 0.508 e. The van der Waals surface area contributed by atoms with Crippen molar-refractivity contribution in [3.05, 3.63) is 0 Å². The third kappa shape index (κ3) is 40.4. The van der Waals surface area contributed by atoms with Crippen LogP contribution in [-0.4, -0.2) is 192 Å². The van der Waals surface area contributed by atoms with Crippen molar-refractivity contribution in [1.82, 2.24) is 20.9 Å². The van der Waals surface area contributed by atoms with Gasteiger partial charge < -0.3 is 87.0 Å². The molecule has 0 aromatic rings. The Bertz CT molecular complexity index is 1780. The summed E-state index contributed by atoms with van der Waals surface area (Å²) in [6.45, 7) is 31.6. The van der Waals surface area contributed by atoms with Gasteiger partial charge in [-0.3, -0.25) is 4.90 Å². The fourth-order valence-electron chi connectivity index (χ4n) is 6.34. The van der Waals surface area contributed by atoms with Crippen LogP contribution in [0.3, 0.4) is 0 Å². The molecule has 0 aromatic heterocycles. The van der Waals surface area contributed by atoms with Gasteiger partial charge in [-0.25, -0.2) is 43.2 Å². The zero-order chi connectivity index (χ0) is 65.7. The number of amides is 3. The van der Waals surface area contributed by atoms with Crippen molar-refractivity contribution >= 4 is 55.2 Å². The van der Waals surface area contributed by atoms with E-state index in [1.54, 1.807) is 150 Å². The predicted octanol–water partition coefficient (Wildman–Crippen LogP) is 10.4. The normalized spacial score (nSPS) is 12.5. The third-order valence-electron chi connectivity index (χ3n) is 11.2. The first kappa shape index (κ1) is 78.4. The summed E-state index contributed by atoms with van der Waals surface area (Å²) in [5.74, 6) is 0. The maximum Gasteiger partial charge on any atom is 0.508 e. The smallest absolute Gasteiger partial charge is 0.449 e. The van der Waals surface area contributed by atoms with E-state index in [0.717, 1.165) is 0 Å². The van der Waals surface area contributed by atoms with Crippen molar-refractivity contribution in [2.75, 3.05) is 98.7 Å². The molecule has 0 fully saturated rings. The van der Waals surface area contributed by atoms with Crippen LogP contribution in [0.5, 0.6) is 0 Å². The fourth-order valence-corrected chi connectivity index (χ4v) is 6.34. The minimum absolute atomic E-state index is 0.0572. The summed E-state index contributed by atoms with van der Waals surface area (Å²) in [4.78, 5) is 117. The van der Waals surface area contributed by atoms with Gasteiger partial charge in [-0.15, -0.1) is 0 Å².